The van der Waals surface area contributed by atoms with Crippen molar-refractivity contribution in [2.45, 2.75) is 6.92 Å². The number of anilines is 2. The summed E-state index contributed by atoms with van der Waals surface area (Å²) in [5.74, 6) is 0.0814. The first-order valence-electron chi connectivity index (χ1n) is 8.67. The number of ether oxygens (including phenoxy) is 1. The van der Waals surface area contributed by atoms with Gasteiger partial charge >= 0.3 is 0 Å². The number of benzene rings is 3. The van der Waals surface area contributed by atoms with Crippen LogP contribution in [-0.2, 0) is 4.79 Å². The molecule has 0 saturated carbocycles. The van der Waals surface area contributed by atoms with Crippen LogP contribution in [0, 0.1) is 10.5 Å². The van der Waals surface area contributed by atoms with E-state index >= 15 is 0 Å². The largest absolute Gasteiger partial charge is 0.484 e. The fourth-order valence-electron chi connectivity index (χ4n) is 2.56. The van der Waals surface area contributed by atoms with Gasteiger partial charge in [-0.3, -0.25) is 9.59 Å². The summed E-state index contributed by atoms with van der Waals surface area (Å²) >= 11 is 2.12. The second-order valence-electron chi connectivity index (χ2n) is 6.13. The van der Waals surface area contributed by atoms with E-state index in [1.807, 2.05) is 55.5 Å². The van der Waals surface area contributed by atoms with Gasteiger partial charge in [-0.15, -0.1) is 0 Å². The average molecular weight is 486 g/mol. The van der Waals surface area contributed by atoms with E-state index in [4.69, 9.17) is 4.74 Å². The van der Waals surface area contributed by atoms with Gasteiger partial charge in [0.1, 0.15) is 5.75 Å². The molecule has 0 bridgehead atoms. The molecular formula is C22H19IN2O3. The van der Waals surface area contributed by atoms with E-state index in [2.05, 4.69) is 33.2 Å². The van der Waals surface area contributed by atoms with Crippen molar-refractivity contribution in [3.63, 3.8) is 0 Å². The molecule has 0 atom stereocenters. The number of rotatable bonds is 6. The number of para-hydroxylation sites is 1. The molecule has 3 rings (SSSR count). The lowest BCUT2D eigenvalue weighted by Crippen LogP contribution is -2.22. The summed E-state index contributed by atoms with van der Waals surface area (Å²) in [6, 6.07) is 21.9. The average Bonchev–Trinajstić information content (AvgIpc) is 2.69. The Hall–Kier alpha value is -2.87. The van der Waals surface area contributed by atoms with E-state index in [-0.39, 0.29) is 18.4 Å². The lowest BCUT2D eigenvalue weighted by Gasteiger charge is -2.14. The fraction of sp³-hybridized carbons (Fsp3) is 0.0909. The Bertz CT molecular complexity index is 990. The van der Waals surface area contributed by atoms with Crippen LogP contribution in [0.15, 0.2) is 72.8 Å². The summed E-state index contributed by atoms with van der Waals surface area (Å²) in [5, 5.41) is 5.69. The Morgan fingerprint density at radius 2 is 1.61 bits per heavy atom. The number of hydrogen-bond acceptors (Lipinski definition) is 3. The molecule has 0 aliphatic carbocycles. The molecule has 0 fully saturated rings. The minimum absolute atomic E-state index is 0.123. The number of hydrogen-bond donors (Lipinski definition) is 2. The predicted molar refractivity (Wildman–Crippen MR) is 119 cm³/mol. The van der Waals surface area contributed by atoms with Gasteiger partial charge in [0.05, 0.1) is 16.9 Å². The summed E-state index contributed by atoms with van der Waals surface area (Å²) in [6.45, 7) is 1.80. The van der Waals surface area contributed by atoms with Crippen molar-refractivity contribution >= 4 is 45.8 Å². The van der Waals surface area contributed by atoms with Crippen LogP contribution in [0.25, 0.3) is 0 Å². The summed E-state index contributed by atoms with van der Waals surface area (Å²) < 4.78 is 6.32. The highest BCUT2D eigenvalue weighted by Gasteiger charge is 2.14. The summed E-state index contributed by atoms with van der Waals surface area (Å²) in [5.41, 5.74) is 2.61. The zero-order valence-corrected chi connectivity index (χ0v) is 17.4. The van der Waals surface area contributed by atoms with Gasteiger partial charge in [0.2, 0.25) is 0 Å². The topological polar surface area (TPSA) is 67.4 Å². The molecule has 3 aromatic carbocycles. The predicted octanol–water partition coefficient (Wildman–Crippen LogP) is 4.87. The van der Waals surface area contributed by atoms with Crippen molar-refractivity contribution in [1.29, 1.82) is 0 Å². The third kappa shape index (κ3) is 5.32. The number of amides is 2. The van der Waals surface area contributed by atoms with E-state index in [0.717, 1.165) is 9.13 Å². The van der Waals surface area contributed by atoms with Crippen LogP contribution in [0.5, 0.6) is 5.75 Å². The van der Waals surface area contributed by atoms with Crippen LogP contribution >= 0.6 is 22.6 Å². The lowest BCUT2D eigenvalue weighted by atomic mass is 10.1. The van der Waals surface area contributed by atoms with Crippen molar-refractivity contribution in [2.75, 3.05) is 17.2 Å². The van der Waals surface area contributed by atoms with Crippen LogP contribution in [0.4, 0.5) is 11.4 Å². The van der Waals surface area contributed by atoms with Crippen molar-refractivity contribution in [3.05, 3.63) is 87.5 Å². The maximum absolute atomic E-state index is 12.6. The molecule has 0 saturated heterocycles. The zero-order chi connectivity index (χ0) is 19.9. The molecule has 0 radical (unpaired) electrons. The zero-order valence-electron chi connectivity index (χ0n) is 15.2. The van der Waals surface area contributed by atoms with Crippen molar-refractivity contribution < 1.29 is 14.3 Å². The van der Waals surface area contributed by atoms with Crippen LogP contribution in [0.1, 0.15) is 15.9 Å². The summed E-state index contributed by atoms with van der Waals surface area (Å²) in [6.07, 6.45) is 0. The van der Waals surface area contributed by atoms with Gasteiger partial charge in [-0.05, 0) is 71.5 Å². The Morgan fingerprint density at radius 3 is 2.36 bits per heavy atom. The van der Waals surface area contributed by atoms with Gasteiger partial charge < -0.3 is 15.4 Å². The van der Waals surface area contributed by atoms with Crippen molar-refractivity contribution in [1.82, 2.24) is 0 Å². The molecule has 5 nitrogen and oxygen atoms in total. The Kier molecular flexibility index (Phi) is 6.65. The molecule has 0 spiro atoms. The van der Waals surface area contributed by atoms with Gasteiger partial charge in [-0.1, -0.05) is 36.4 Å². The highest BCUT2D eigenvalue weighted by atomic mass is 127. The number of halogens is 1. The molecule has 3 aromatic rings. The van der Waals surface area contributed by atoms with Gasteiger partial charge in [-0.25, -0.2) is 0 Å². The highest BCUT2D eigenvalue weighted by molar-refractivity contribution is 14.1. The maximum Gasteiger partial charge on any atom is 0.262 e. The molecular weight excluding hydrogens is 467 g/mol. The van der Waals surface area contributed by atoms with Crippen molar-refractivity contribution in [3.8, 4) is 5.75 Å². The van der Waals surface area contributed by atoms with E-state index in [1.165, 1.54) is 0 Å². The second-order valence-corrected chi connectivity index (χ2v) is 7.30. The minimum Gasteiger partial charge on any atom is -0.484 e. The number of carbonyl (C=O) groups excluding carboxylic acids is 2. The molecule has 0 heterocycles. The van der Waals surface area contributed by atoms with Gasteiger partial charge in [-0.2, -0.15) is 0 Å². The molecule has 142 valence electrons. The van der Waals surface area contributed by atoms with Gasteiger partial charge in [0.15, 0.2) is 6.61 Å². The number of nitrogens with one attached hydrogen (secondary N) is 2. The van der Waals surface area contributed by atoms with Crippen LogP contribution < -0.4 is 15.4 Å². The Balaban J connectivity index is 1.71. The highest BCUT2D eigenvalue weighted by Crippen LogP contribution is 2.24. The third-order valence-electron chi connectivity index (χ3n) is 3.93. The van der Waals surface area contributed by atoms with Gasteiger partial charge in [0.25, 0.3) is 11.8 Å². The molecule has 2 amide bonds. The first kappa shape index (κ1) is 19.9. The Morgan fingerprint density at radius 1 is 0.893 bits per heavy atom. The normalized spacial score (nSPS) is 10.2. The first-order valence-corrected chi connectivity index (χ1v) is 9.75. The van der Waals surface area contributed by atoms with E-state index in [9.17, 15) is 9.59 Å². The maximum atomic E-state index is 12.6. The first-order chi connectivity index (χ1) is 13.5. The van der Waals surface area contributed by atoms with E-state index in [1.54, 1.807) is 24.3 Å². The number of carbonyl (C=O) groups is 2. The van der Waals surface area contributed by atoms with Crippen molar-refractivity contribution in [2.24, 2.45) is 0 Å². The molecule has 6 heteroatoms. The smallest absolute Gasteiger partial charge is 0.262 e. The lowest BCUT2D eigenvalue weighted by molar-refractivity contribution is -0.118. The quantitative estimate of drug-likeness (QED) is 0.489. The molecule has 0 unspecified atom stereocenters. The summed E-state index contributed by atoms with van der Waals surface area (Å²) in [4.78, 5) is 24.9. The molecule has 0 aliphatic rings. The fourth-order valence-corrected chi connectivity index (χ4v) is 3.19. The monoisotopic (exact) mass is 486 g/mol. The molecule has 0 aromatic heterocycles. The van der Waals surface area contributed by atoms with Crippen LogP contribution in [0.2, 0.25) is 0 Å². The van der Waals surface area contributed by atoms with Crippen LogP contribution in [-0.4, -0.2) is 18.4 Å². The van der Waals surface area contributed by atoms with E-state index in [0.29, 0.717) is 22.7 Å². The minimum atomic E-state index is -0.308. The molecule has 2 N–H and O–H groups in total. The van der Waals surface area contributed by atoms with Crippen LogP contribution in [0.3, 0.4) is 0 Å². The SMILES string of the molecule is Cc1ccc(NC(=O)COc2ccccc2)c(NC(=O)c2ccccc2I)c1. The van der Waals surface area contributed by atoms with E-state index < -0.39 is 0 Å². The standard InChI is InChI=1S/C22H19IN2O3/c1-15-11-12-19(24-21(26)14-28-16-7-3-2-4-8-16)20(13-15)25-22(27)17-9-5-6-10-18(17)23/h2-13H,14H2,1H3,(H,24,26)(H,25,27). The summed E-state index contributed by atoms with van der Waals surface area (Å²) in [7, 11) is 0. The number of aryl methyl sites for hydroxylation is 1. The van der Waals surface area contributed by atoms with Gasteiger partial charge in [0, 0.05) is 3.57 Å². The third-order valence-corrected chi connectivity index (χ3v) is 4.87. The second kappa shape index (κ2) is 9.36. The Labute approximate surface area is 177 Å². The molecule has 0 aliphatic heterocycles. The molecule has 28 heavy (non-hydrogen) atoms.